The van der Waals surface area contributed by atoms with Gasteiger partial charge in [0.2, 0.25) is 0 Å². The lowest BCUT2D eigenvalue weighted by Gasteiger charge is -2.32. The summed E-state index contributed by atoms with van der Waals surface area (Å²) in [6, 6.07) is 4.57. The average Bonchev–Trinajstić information content (AvgIpc) is 2.35. The van der Waals surface area contributed by atoms with E-state index in [4.69, 9.17) is 23.2 Å². The van der Waals surface area contributed by atoms with Crippen molar-refractivity contribution in [2.24, 2.45) is 0 Å². The van der Waals surface area contributed by atoms with Gasteiger partial charge in [0.15, 0.2) is 15.6 Å². The zero-order valence-electron chi connectivity index (χ0n) is 11.0. The Labute approximate surface area is 128 Å². The molecule has 110 valence electrons. The third kappa shape index (κ3) is 3.73. The summed E-state index contributed by atoms with van der Waals surface area (Å²) in [4.78, 5) is 14.1. The third-order valence-electron chi connectivity index (χ3n) is 3.38. The van der Waals surface area contributed by atoms with Gasteiger partial charge in [-0.1, -0.05) is 23.2 Å². The lowest BCUT2D eigenvalue weighted by Crippen LogP contribution is -2.48. The van der Waals surface area contributed by atoms with Gasteiger partial charge in [0.05, 0.1) is 23.1 Å². The van der Waals surface area contributed by atoms with E-state index in [1.165, 1.54) is 6.07 Å². The number of ketones is 1. The van der Waals surface area contributed by atoms with Gasteiger partial charge < -0.3 is 0 Å². The van der Waals surface area contributed by atoms with Crippen molar-refractivity contribution in [3.05, 3.63) is 33.8 Å². The quantitative estimate of drug-likeness (QED) is 0.795. The first-order valence-corrected chi connectivity index (χ1v) is 8.79. The number of Topliss-reactive ketones (excluding diaryl/α,β-unsaturated/α-hetero) is 1. The predicted molar refractivity (Wildman–Crippen MR) is 80.5 cm³/mol. The molecule has 0 spiro atoms. The fourth-order valence-electron chi connectivity index (χ4n) is 2.25. The second kappa shape index (κ2) is 6.02. The molecule has 1 atom stereocenters. The number of rotatable bonds is 3. The van der Waals surface area contributed by atoms with Crippen LogP contribution in [0.15, 0.2) is 18.2 Å². The largest absolute Gasteiger partial charge is 0.293 e. The molecule has 1 saturated heterocycles. The molecule has 20 heavy (non-hydrogen) atoms. The molecule has 1 unspecified atom stereocenters. The van der Waals surface area contributed by atoms with Crippen LogP contribution in [-0.2, 0) is 9.84 Å². The zero-order valence-corrected chi connectivity index (χ0v) is 13.3. The molecule has 1 heterocycles. The fraction of sp³-hybridized carbons (Fsp3) is 0.462. The number of benzene rings is 1. The maximum atomic E-state index is 12.3. The van der Waals surface area contributed by atoms with Gasteiger partial charge in [-0.25, -0.2) is 8.42 Å². The molecule has 4 nitrogen and oxygen atoms in total. The number of hydrogen-bond donors (Lipinski definition) is 0. The van der Waals surface area contributed by atoms with Crippen LogP contribution in [0, 0.1) is 0 Å². The number of nitrogens with zero attached hydrogens (tertiary/aromatic N) is 1. The highest BCUT2D eigenvalue weighted by Gasteiger charge is 2.29. The first-order valence-electron chi connectivity index (χ1n) is 6.21. The Morgan fingerprint density at radius 3 is 2.75 bits per heavy atom. The highest BCUT2D eigenvalue weighted by atomic mass is 35.5. The highest BCUT2D eigenvalue weighted by Crippen LogP contribution is 2.22. The molecule has 1 aliphatic heterocycles. The summed E-state index contributed by atoms with van der Waals surface area (Å²) < 4.78 is 23.0. The Kier molecular flexibility index (Phi) is 4.74. The van der Waals surface area contributed by atoms with Crippen LogP contribution in [0.25, 0.3) is 0 Å². The third-order valence-corrected chi connectivity index (χ3v) is 5.74. The van der Waals surface area contributed by atoms with Gasteiger partial charge in [0, 0.05) is 23.2 Å². The van der Waals surface area contributed by atoms with E-state index in [-0.39, 0.29) is 29.9 Å². The van der Waals surface area contributed by atoms with Gasteiger partial charge in [-0.2, -0.15) is 0 Å². The normalized spacial score (nSPS) is 22.6. The van der Waals surface area contributed by atoms with Crippen molar-refractivity contribution in [2.45, 2.75) is 13.0 Å². The lowest BCUT2D eigenvalue weighted by molar-refractivity contribution is 0.0908. The molecule has 0 saturated carbocycles. The van der Waals surface area contributed by atoms with Crippen LogP contribution in [0.2, 0.25) is 10.0 Å². The Morgan fingerprint density at radius 2 is 2.10 bits per heavy atom. The number of halogens is 2. The summed E-state index contributed by atoms with van der Waals surface area (Å²) in [6.07, 6.45) is 0. The van der Waals surface area contributed by atoms with Crippen molar-refractivity contribution >= 4 is 38.8 Å². The molecule has 0 radical (unpaired) electrons. The Hall–Kier alpha value is -0.620. The van der Waals surface area contributed by atoms with E-state index in [9.17, 15) is 13.2 Å². The first kappa shape index (κ1) is 15.8. The summed E-state index contributed by atoms with van der Waals surface area (Å²) in [5.74, 6) is 0.0286. The lowest BCUT2D eigenvalue weighted by atomic mass is 10.1. The van der Waals surface area contributed by atoms with Crippen LogP contribution >= 0.6 is 23.2 Å². The second-order valence-corrected chi connectivity index (χ2v) is 8.05. The fourth-order valence-corrected chi connectivity index (χ4v) is 4.27. The van der Waals surface area contributed by atoms with Crippen molar-refractivity contribution in [3.8, 4) is 0 Å². The summed E-state index contributed by atoms with van der Waals surface area (Å²) in [7, 11) is -2.98. The topological polar surface area (TPSA) is 54.5 Å². The van der Waals surface area contributed by atoms with E-state index in [2.05, 4.69) is 0 Å². The molecule has 1 fully saturated rings. The van der Waals surface area contributed by atoms with Gasteiger partial charge in [-0.15, -0.1) is 0 Å². The van der Waals surface area contributed by atoms with Gasteiger partial charge >= 0.3 is 0 Å². The Morgan fingerprint density at radius 1 is 1.40 bits per heavy atom. The molecule has 7 heteroatoms. The van der Waals surface area contributed by atoms with Gasteiger partial charge in [-0.3, -0.25) is 9.69 Å². The summed E-state index contributed by atoms with van der Waals surface area (Å²) in [6.45, 7) is 2.33. The molecule has 2 rings (SSSR count). The van der Waals surface area contributed by atoms with E-state index in [1.54, 1.807) is 12.1 Å². The molecule has 1 aromatic carbocycles. The van der Waals surface area contributed by atoms with Crippen molar-refractivity contribution in [1.29, 1.82) is 0 Å². The van der Waals surface area contributed by atoms with Crippen LogP contribution in [-0.4, -0.2) is 49.7 Å². The smallest absolute Gasteiger partial charge is 0.178 e. The number of hydrogen-bond acceptors (Lipinski definition) is 4. The SMILES string of the molecule is CC1CS(=O)(=O)CCN1CC(=O)c1cc(Cl)ccc1Cl. The van der Waals surface area contributed by atoms with Crippen molar-refractivity contribution < 1.29 is 13.2 Å². The summed E-state index contributed by atoms with van der Waals surface area (Å²) >= 11 is 11.9. The maximum absolute atomic E-state index is 12.3. The minimum absolute atomic E-state index is 0.0869. The number of sulfone groups is 1. The first-order chi connectivity index (χ1) is 9.28. The van der Waals surface area contributed by atoms with Gasteiger partial charge in [0.25, 0.3) is 0 Å². The van der Waals surface area contributed by atoms with E-state index in [0.29, 0.717) is 22.2 Å². The molecule has 0 amide bonds. The Balaban J connectivity index is 2.10. The molecule has 0 N–H and O–H groups in total. The van der Waals surface area contributed by atoms with E-state index < -0.39 is 9.84 Å². The summed E-state index contributed by atoms with van der Waals surface area (Å²) in [5, 5.41) is 0.809. The number of carbonyl (C=O) groups is 1. The zero-order chi connectivity index (χ0) is 14.9. The molecule has 0 aromatic heterocycles. The maximum Gasteiger partial charge on any atom is 0.178 e. The highest BCUT2D eigenvalue weighted by molar-refractivity contribution is 7.91. The van der Waals surface area contributed by atoms with Crippen molar-refractivity contribution in [3.63, 3.8) is 0 Å². The van der Waals surface area contributed by atoms with Gasteiger partial charge in [-0.05, 0) is 25.1 Å². The predicted octanol–water partition coefficient (Wildman–Crippen LogP) is 2.29. The van der Waals surface area contributed by atoms with Crippen LogP contribution in [0.4, 0.5) is 0 Å². The molecule has 0 aliphatic carbocycles. The summed E-state index contributed by atoms with van der Waals surface area (Å²) in [5.41, 5.74) is 0.375. The van der Waals surface area contributed by atoms with Crippen LogP contribution < -0.4 is 0 Å². The van der Waals surface area contributed by atoms with Gasteiger partial charge in [0.1, 0.15) is 0 Å². The minimum atomic E-state index is -2.98. The van der Waals surface area contributed by atoms with Crippen molar-refractivity contribution in [2.75, 3.05) is 24.6 Å². The second-order valence-electron chi connectivity index (χ2n) is 4.98. The van der Waals surface area contributed by atoms with Crippen LogP contribution in [0.5, 0.6) is 0 Å². The standard InChI is InChI=1S/C13H15Cl2NO3S/c1-9-8-20(18,19)5-4-16(9)7-13(17)11-6-10(14)2-3-12(11)15/h2-3,6,9H,4-5,7-8H2,1H3. The van der Waals surface area contributed by atoms with E-state index in [0.717, 1.165) is 0 Å². The molecular weight excluding hydrogens is 321 g/mol. The number of carbonyl (C=O) groups excluding carboxylic acids is 1. The molecule has 1 aliphatic rings. The monoisotopic (exact) mass is 335 g/mol. The van der Waals surface area contributed by atoms with Crippen LogP contribution in [0.1, 0.15) is 17.3 Å². The van der Waals surface area contributed by atoms with E-state index in [1.807, 2.05) is 11.8 Å². The Bertz CT molecular complexity index is 631. The van der Waals surface area contributed by atoms with Crippen LogP contribution in [0.3, 0.4) is 0 Å². The van der Waals surface area contributed by atoms with E-state index >= 15 is 0 Å². The molecule has 1 aromatic rings. The van der Waals surface area contributed by atoms with Crippen molar-refractivity contribution in [1.82, 2.24) is 4.90 Å². The minimum Gasteiger partial charge on any atom is -0.293 e. The average molecular weight is 336 g/mol. The molecule has 0 bridgehead atoms. The molecular formula is C13H15Cl2NO3S.